The van der Waals surface area contributed by atoms with Crippen LogP contribution >= 0.6 is 0 Å². The van der Waals surface area contributed by atoms with E-state index < -0.39 is 11.6 Å². The molecule has 3 aromatic rings. The van der Waals surface area contributed by atoms with Crippen molar-refractivity contribution in [3.05, 3.63) is 59.4 Å². The Morgan fingerprint density at radius 1 is 1.16 bits per heavy atom. The molecular formula is C23H24F3N3O2. The number of carbonyl (C=O) groups excluding carboxylic acids is 1. The van der Waals surface area contributed by atoms with Gasteiger partial charge in [-0.1, -0.05) is 0 Å². The first kappa shape index (κ1) is 21.4. The highest BCUT2D eigenvalue weighted by atomic mass is 19.1. The molecule has 1 amide bonds. The molecule has 164 valence electrons. The van der Waals surface area contributed by atoms with Gasteiger partial charge in [0, 0.05) is 18.5 Å². The number of hydrogen-bond donors (Lipinski definition) is 2. The zero-order valence-corrected chi connectivity index (χ0v) is 17.3. The minimum atomic E-state index is -0.650. The number of rotatable bonds is 7. The van der Waals surface area contributed by atoms with Gasteiger partial charge in [0.05, 0.1) is 24.9 Å². The van der Waals surface area contributed by atoms with Crippen molar-refractivity contribution in [1.29, 1.82) is 0 Å². The number of hydrogen-bond acceptors (Lipinski definition) is 3. The van der Waals surface area contributed by atoms with E-state index in [2.05, 4.69) is 10.3 Å². The zero-order chi connectivity index (χ0) is 22.1. The maximum atomic E-state index is 14.4. The molecule has 1 saturated carbocycles. The molecule has 8 heteroatoms. The minimum absolute atomic E-state index is 0.110. The maximum Gasteiger partial charge on any atom is 0.259 e. The number of carbonyl (C=O) groups is 1. The van der Waals surface area contributed by atoms with Gasteiger partial charge in [0.1, 0.15) is 17.5 Å². The van der Waals surface area contributed by atoms with Crippen LogP contribution in [0.1, 0.15) is 24.3 Å². The van der Waals surface area contributed by atoms with Gasteiger partial charge in [0.25, 0.3) is 5.91 Å². The predicted molar refractivity (Wildman–Crippen MR) is 112 cm³/mol. The quantitative estimate of drug-likeness (QED) is 0.547. The Kier molecular flexibility index (Phi) is 6.02. The third-order valence-electron chi connectivity index (χ3n) is 5.98. The first-order chi connectivity index (χ1) is 14.9. The van der Waals surface area contributed by atoms with Gasteiger partial charge < -0.3 is 10.3 Å². The lowest BCUT2D eigenvalue weighted by atomic mass is 9.70. The summed E-state index contributed by atoms with van der Waals surface area (Å²) < 4.78 is 41.8. The molecule has 0 spiro atoms. The Balaban J connectivity index is 1.54. The van der Waals surface area contributed by atoms with Crippen LogP contribution in [0.25, 0.3) is 22.2 Å². The lowest BCUT2D eigenvalue weighted by molar-refractivity contribution is -0.167. The second-order valence-corrected chi connectivity index (χ2v) is 7.97. The van der Waals surface area contributed by atoms with E-state index in [-0.39, 0.29) is 29.7 Å². The second-order valence-electron chi connectivity index (χ2n) is 7.97. The van der Waals surface area contributed by atoms with Gasteiger partial charge in [0.2, 0.25) is 0 Å². The Labute approximate surface area is 178 Å². The number of fused-ring (bicyclic) bond motifs is 1. The molecule has 0 radical (unpaired) electrons. The first-order valence-electron chi connectivity index (χ1n) is 10.1. The van der Waals surface area contributed by atoms with E-state index in [9.17, 15) is 18.0 Å². The number of aromatic nitrogens is 1. The molecule has 0 saturated heterocycles. The molecule has 0 aliphatic heterocycles. The fourth-order valence-corrected chi connectivity index (χ4v) is 4.24. The number of likely N-dealkylation sites (N-methyl/N-ethyl adjacent to an activating group) is 1. The van der Waals surface area contributed by atoms with Crippen molar-refractivity contribution in [2.24, 2.45) is 5.92 Å². The smallest absolute Gasteiger partial charge is 0.259 e. The Morgan fingerprint density at radius 2 is 1.87 bits per heavy atom. The van der Waals surface area contributed by atoms with E-state index in [4.69, 9.17) is 4.84 Å². The molecule has 2 N–H and O–H groups in total. The molecule has 1 fully saturated rings. The molecule has 1 aliphatic rings. The van der Waals surface area contributed by atoms with Crippen molar-refractivity contribution >= 4 is 16.8 Å². The summed E-state index contributed by atoms with van der Waals surface area (Å²) in [6.07, 6.45) is 1.64. The van der Waals surface area contributed by atoms with Crippen LogP contribution in [0, 0.1) is 23.4 Å². The highest BCUT2D eigenvalue weighted by Crippen LogP contribution is 2.48. The zero-order valence-electron chi connectivity index (χ0n) is 17.3. The normalized spacial score (nSPS) is 18.2. The molecule has 1 heterocycles. The van der Waals surface area contributed by atoms with Crippen molar-refractivity contribution in [2.75, 3.05) is 27.2 Å². The van der Waals surface area contributed by atoms with E-state index in [0.717, 1.165) is 30.0 Å². The summed E-state index contributed by atoms with van der Waals surface area (Å²) in [7, 11) is 2.98. The number of amides is 1. The highest BCUT2D eigenvalue weighted by molar-refractivity contribution is 5.92. The molecule has 1 aromatic heterocycles. The largest absolute Gasteiger partial charge is 0.352 e. The molecular weight excluding hydrogens is 407 g/mol. The minimum Gasteiger partial charge on any atom is -0.352 e. The number of benzene rings is 2. The van der Waals surface area contributed by atoms with Crippen molar-refractivity contribution < 1.29 is 22.8 Å². The average molecular weight is 431 g/mol. The molecule has 1 aliphatic carbocycles. The van der Waals surface area contributed by atoms with Crippen LogP contribution in [-0.4, -0.2) is 43.2 Å². The Hall–Kier alpha value is -2.84. The molecule has 4 rings (SSSR count). The monoisotopic (exact) mass is 431 g/mol. The summed E-state index contributed by atoms with van der Waals surface area (Å²) in [5.41, 5.74) is 2.52. The number of aromatic amines is 1. The summed E-state index contributed by atoms with van der Waals surface area (Å²) in [4.78, 5) is 19.7. The van der Waals surface area contributed by atoms with Gasteiger partial charge in [-0.25, -0.2) is 18.2 Å². The average Bonchev–Trinajstić information content (AvgIpc) is 3.08. The molecule has 0 atom stereocenters. The predicted octanol–water partition coefficient (Wildman–Crippen LogP) is 4.36. The van der Waals surface area contributed by atoms with Crippen LogP contribution in [0.3, 0.4) is 0 Å². The summed E-state index contributed by atoms with van der Waals surface area (Å²) in [5, 5.41) is 4.82. The third kappa shape index (κ3) is 4.31. The Morgan fingerprint density at radius 3 is 2.55 bits per heavy atom. The van der Waals surface area contributed by atoms with Gasteiger partial charge in [-0.3, -0.25) is 9.63 Å². The number of nitrogens with one attached hydrogen (secondary N) is 2. The van der Waals surface area contributed by atoms with Gasteiger partial charge in [0.15, 0.2) is 0 Å². The van der Waals surface area contributed by atoms with Gasteiger partial charge in [-0.05, 0) is 72.7 Å². The van der Waals surface area contributed by atoms with Crippen LogP contribution in [0.4, 0.5) is 13.2 Å². The number of H-pyrrole nitrogens is 1. The molecule has 2 aromatic carbocycles. The Bertz CT molecular complexity index is 1090. The maximum absolute atomic E-state index is 14.4. The standard InChI is InChI=1S/C23H24F3N3O2/c1-29(31-2)20(30)12-27-11-13-7-15(8-13)21-18-9-17(25)10-19(26)23(18)28-22(21)14-3-5-16(24)6-4-14/h3-6,9-10,13,15,27-28H,7-8,11-12H2,1-2H3. The van der Waals surface area contributed by atoms with Crippen LogP contribution in [0.5, 0.6) is 0 Å². The van der Waals surface area contributed by atoms with Crippen LogP contribution in [-0.2, 0) is 9.63 Å². The van der Waals surface area contributed by atoms with Crippen molar-refractivity contribution in [3.8, 4) is 11.3 Å². The van der Waals surface area contributed by atoms with E-state index in [0.29, 0.717) is 23.5 Å². The van der Waals surface area contributed by atoms with Crippen molar-refractivity contribution in [3.63, 3.8) is 0 Å². The van der Waals surface area contributed by atoms with Crippen molar-refractivity contribution in [2.45, 2.75) is 18.8 Å². The fourth-order valence-electron chi connectivity index (χ4n) is 4.24. The van der Waals surface area contributed by atoms with Crippen molar-refractivity contribution in [1.82, 2.24) is 15.4 Å². The van der Waals surface area contributed by atoms with Crippen LogP contribution in [0.2, 0.25) is 0 Å². The summed E-state index contributed by atoms with van der Waals surface area (Å²) in [5.74, 6) is -1.35. The lowest BCUT2D eigenvalue weighted by Gasteiger charge is -2.36. The fraction of sp³-hybridized carbons (Fsp3) is 0.348. The van der Waals surface area contributed by atoms with Gasteiger partial charge in [-0.2, -0.15) is 0 Å². The van der Waals surface area contributed by atoms with Gasteiger partial charge >= 0.3 is 0 Å². The number of nitrogens with zero attached hydrogens (tertiary/aromatic N) is 1. The third-order valence-corrected chi connectivity index (χ3v) is 5.98. The lowest BCUT2D eigenvalue weighted by Crippen LogP contribution is -2.39. The topological polar surface area (TPSA) is 57.4 Å². The molecule has 0 unspecified atom stereocenters. The number of halogens is 3. The molecule has 5 nitrogen and oxygen atoms in total. The second kappa shape index (κ2) is 8.72. The van der Waals surface area contributed by atoms with E-state index >= 15 is 0 Å². The first-order valence-corrected chi connectivity index (χ1v) is 10.1. The van der Waals surface area contributed by atoms with Crippen LogP contribution in [0.15, 0.2) is 36.4 Å². The summed E-state index contributed by atoms with van der Waals surface area (Å²) >= 11 is 0. The highest BCUT2D eigenvalue weighted by Gasteiger charge is 2.34. The van der Waals surface area contributed by atoms with E-state index in [1.165, 1.54) is 30.4 Å². The SMILES string of the molecule is CON(C)C(=O)CNCC1CC(c2c(-c3ccc(F)cc3)[nH]c3c(F)cc(F)cc23)C1. The molecule has 0 bridgehead atoms. The summed E-state index contributed by atoms with van der Waals surface area (Å²) in [6, 6.07) is 8.17. The number of hydroxylamine groups is 2. The summed E-state index contributed by atoms with van der Waals surface area (Å²) in [6.45, 7) is 0.840. The van der Waals surface area contributed by atoms with E-state index in [1.807, 2.05) is 0 Å². The molecule has 31 heavy (non-hydrogen) atoms. The van der Waals surface area contributed by atoms with E-state index in [1.54, 1.807) is 19.2 Å². The van der Waals surface area contributed by atoms with Crippen LogP contribution < -0.4 is 5.32 Å². The van der Waals surface area contributed by atoms with Gasteiger partial charge in [-0.15, -0.1) is 0 Å².